The Hall–Kier alpha value is -1.74. The monoisotopic (exact) mass is 472 g/mol. The Morgan fingerprint density at radius 3 is 2.52 bits per heavy atom. The van der Waals surface area contributed by atoms with E-state index < -0.39 is 53.0 Å². The number of ether oxygens (including phenoxy) is 1. The number of hydrogen-bond acceptors (Lipinski definition) is 6. The van der Waals surface area contributed by atoms with E-state index in [1.54, 1.807) is 13.0 Å². The molecule has 8 atom stereocenters. The summed E-state index contributed by atoms with van der Waals surface area (Å²) in [5, 5.41) is 20.9. The molecule has 3 fully saturated rings. The highest BCUT2D eigenvalue weighted by molar-refractivity contribution is 5.92. The molecule has 0 bridgehead atoms. The molecule has 0 amide bonds. The van der Waals surface area contributed by atoms with Gasteiger partial charge in [-0.15, -0.1) is 0 Å². The predicted molar refractivity (Wildman–Crippen MR) is 110 cm³/mol. The van der Waals surface area contributed by atoms with E-state index in [0.717, 1.165) is 5.57 Å². The van der Waals surface area contributed by atoms with Gasteiger partial charge < -0.3 is 14.9 Å². The molecule has 4 aliphatic rings. The van der Waals surface area contributed by atoms with Gasteiger partial charge in [0, 0.05) is 17.8 Å². The number of fused-ring (bicyclic) bond motifs is 5. The van der Waals surface area contributed by atoms with Crippen LogP contribution in [0.3, 0.4) is 0 Å². The van der Waals surface area contributed by atoms with Gasteiger partial charge in [-0.25, -0.2) is 4.79 Å². The molecule has 0 unspecified atom stereocenters. The molecule has 0 aliphatic heterocycles. The van der Waals surface area contributed by atoms with Crippen LogP contribution in [0.25, 0.3) is 0 Å². The maximum Gasteiger partial charge on any atom is 0.490 e. The Kier molecular flexibility index (Phi) is 5.64. The van der Waals surface area contributed by atoms with Crippen molar-refractivity contribution in [2.75, 3.05) is 6.61 Å². The largest absolute Gasteiger partial charge is 0.490 e. The molecule has 0 saturated heterocycles. The molecule has 0 spiro atoms. The van der Waals surface area contributed by atoms with Crippen LogP contribution < -0.4 is 0 Å². The van der Waals surface area contributed by atoms with Gasteiger partial charge in [0.1, 0.15) is 18.3 Å². The highest BCUT2D eigenvalue weighted by Crippen LogP contribution is 2.69. The molecule has 0 heterocycles. The first-order chi connectivity index (χ1) is 15.2. The first kappa shape index (κ1) is 24.4. The normalized spacial score (nSPS) is 44.9. The van der Waals surface area contributed by atoms with Crippen molar-refractivity contribution in [2.24, 2.45) is 34.5 Å². The number of halogens is 3. The number of esters is 1. The molecule has 9 heteroatoms. The smallest absolute Gasteiger partial charge is 0.455 e. The highest BCUT2D eigenvalue weighted by atomic mass is 19.4. The fourth-order valence-electron chi connectivity index (χ4n) is 7.99. The van der Waals surface area contributed by atoms with Crippen LogP contribution in [0.4, 0.5) is 13.2 Å². The van der Waals surface area contributed by atoms with Crippen LogP contribution in [0.5, 0.6) is 0 Å². The lowest BCUT2D eigenvalue weighted by Gasteiger charge is -2.62. The van der Waals surface area contributed by atoms with Gasteiger partial charge in [0.15, 0.2) is 11.6 Å². The van der Waals surface area contributed by atoms with Crippen LogP contribution in [0.1, 0.15) is 59.3 Å². The Morgan fingerprint density at radius 2 is 1.91 bits per heavy atom. The van der Waals surface area contributed by atoms with Crippen LogP contribution in [0.2, 0.25) is 0 Å². The second-order valence-electron chi connectivity index (χ2n) is 11.0. The molecule has 4 rings (SSSR count). The minimum absolute atomic E-state index is 0.0101. The molecule has 184 valence electrons. The number of alkyl halides is 3. The van der Waals surface area contributed by atoms with Gasteiger partial charge >= 0.3 is 12.1 Å². The fraction of sp³-hybridized carbons (Fsp3) is 0.792. The third-order valence-electron chi connectivity index (χ3n) is 9.44. The number of allylic oxidation sites excluding steroid dienone is 1. The number of hydrogen-bond donors (Lipinski definition) is 2. The molecule has 3 saturated carbocycles. The third-order valence-corrected chi connectivity index (χ3v) is 9.44. The summed E-state index contributed by atoms with van der Waals surface area (Å²) in [6, 6.07) is 0. The molecule has 33 heavy (non-hydrogen) atoms. The average molecular weight is 473 g/mol. The molecule has 0 radical (unpaired) electrons. The van der Waals surface area contributed by atoms with Crippen molar-refractivity contribution in [3.8, 4) is 0 Å². The van der Waals surface area contributed by atoms with Crippen molar-refractivity contribution >= 4 is 17.5 Å². The zero-order valence-corrected chi connectivity index (χ0v) is 19.1. The van der Waals surface area contributed by atoms with Crippen molar-refractivity contribution in [1.29, 1.82) is 0 Å². The molecule has 0 aromatic rings. The van der Waals surface area contributed by atoms with E-state index in [-0.39, 0.29) is 42.8 Å². The second kappa shape index (κ2) is 7.63. The van der Waals surface area contributed by atoms with Gasteiger partial charge in [-0.1, -0.05) is 26.3 Å². The van der Waals surface area contributed by atoms with Gasteiger partial charge in [-0.05, 0) is 61.3 Å². The van der Waals surface area contributed by atoms with E-state index in [4.69, 9.17) is 4.74 Å². The lowest BCUT2D eigenvalue weighted by atomic mass is 9.44. The van der Waals surface area contributed by atoms with E-state index in [1.807, 2.05) is 13.8 Å². The Bertz CT molecular complexity index is 912. The standard InChI is InChI=1S/C24H31F3O6/c1-12-8-14-15-5-7-23(32,18(30)11-28)22(15,3)10-17(33-20(31)24(25,26)27)19(14)21(2)6-4-13(29)9-16(12)21/h9,12,14-15,17,19,28,32H,4-8,10-11H2,1-3H3/t12-,14-,15-,17-,19+,21-,22-,23-/m0/s1. The number of ketones is 2. The SMILES string of the molecule is C[C@H]1C[C@@H]2[C@H]([C@@H](OC(=O)C(F)(F)F)C[C@@]3(C)[C@H]2CC[C@]3(O)C(=O)CO)[C@@]2(C)CCC(=O)C=C12. The van der Waals surface area contributed by atoms with Gasteiger partial charge in [-0.2, -0.15) is 13.2 Å². The van der Waals surface area contributed by atoms with Crippen LogP contribution in [0.15, 0.2) is 11.6 Å². The zero-order valence-electron chi connectivity index (χ0n) is 19.1. The van der Waals surface area contributed by atoms with Crippen LogP contribution in [-0.2, 0) is 19.1 Å². The number of rotatable bonds is 3. The summed E-state index contributed by atoms with van der Waals surface area (Å²) in [4.78, 5) is 36.7. The minimum Gasteiger partial charge on any atom is -0.455 e. The lowest BCUT2D eigenvalue weighted by molar-refractivity contribution is -0.227. The van der Waals surface area contributed by atoms with Crippen molar-refractivity contribution in [3.05, 3.63) is 11.6 Å². The van der Waals surface area contributed by atoms with Gasteiger partial charge in [0.25, 0.3) is 0 Å². The van der Waals surface area contributed by atoms with E-state index in [1.165, 1.54) is 0 Å². The molecular formula is C24H31F3O6. The Balaban J connectivity index is 1.83. The topological polar surface area (TPSA) is 101 Å². The summed E-state index contributed by atoms with van der Waals surface area (Å²) in [7, 11) is 0. The number of aliphatic hydroxyl groups excluding tert-OH is 1. The molecule has 2 N–H and O–H groups in total. The van der Waals surface area contributed by atoms with Crippen molar-refractivity contribution in [3.63, 3.8) is 0 Å². The summed E-state index contributed by atoms with van der Waals surface area (Å²) < 4.78 is 44.7. The zero-order chi connectivity index (χ0) is 24.6. The summed E-state index contributed by atoms with van der Waals surface area (Å²) >= 11 is 0. The molecule has 6 nitrogen and oxygen atoms in total. The summed E-state index contributed by atoms with van der Waals surface area (Å²) in [6.07, 6.45) is -3.00. The first-order valence-electron chi connectivity index (χ1n) is 11.6. The van der Waals surface area contributed by atoms with E-state index in [9.17, 15) is 37.8 Å². The number of Topliss-reactive ketones (excluding diaryl/α,β-unsaturated/α-hetero) is 1. The van der Waals surface area contributed by atoms with Gasteiger partial charge in [0.2, 0.25) is 0 Å². The van der Waals surface area contributed by atoms with Crippen molar-refractivity contribution < 1.29 is 42.5 Å². The van der Waals surface area contributed by atoms with Crippen LogP contribution >= 0.6 is 0 Å². The maximum atomic E-state index is 13.2. The van der Waals surface area contributed by atoms with Crippen LogP contribution in [-0.4, -0.2) is 52.2 Å². The minimum atomic E-state index is -5.18. The van der Waals surface area contributed by atoms with Crippen molar-refractivity contribution in [2.45, 2.75) is 77.2 Å². The number of carbonyl (C=O) groups is 3. The van der Waals surface area contributed by atoms with Gasteiger partial charge in [-0.3, -0.25) is 9.59 Å². The van der Waals surface area contributed by atoms with Crippen LogP contribution in [0, 0.1) is 34.5 Å². The first-order valence-corrected chi connectivity index (χ1v) is 11.6. The maximum absolute atomic E-state index is 13.2. The molecular weight excluding hydrogens is 441 g/mol. The second-order valence-corrected chi connectivity index (χ2v) is 11.0. The molecule has 4 aliphatic carbocycles. The quantitative estimate of drug-likeness (QED) is 0.612. The van der Waals surface area contributed by atoms with E-state index in [0.29, 0.717) is 19.3 Å². The Labute approximate surface area is 190 Å². The van der Waals surface area contributed by atoms with Crippen molar-refractivity contribution in [1.82, 2.24) is 0 Å². The summed E-state index contributed by atoms with van der Waals surface area (Å²) in [5.41, 5.74) is -2.79. The van der Waals surface area contributed by atoms with Gasteiger partial charge in [0.05, 0.1) is 0 Å². The fourth-order valence-corrected chi connectivity index (χ4v) is 7.99. The van der Waals surface area contributed by atoms with E-state index in [2.05, 4.69) is 0 Å². The predicted octanol–water partition coefficient (Wildman–Crippen LogP) is 3.14. The molecule has 0 aromatic heterocycles. The lowest BCUT2D eigenvalue weighted by Crippen LogP contribution is -2.63. The number of carbonyl (C=O) groups excluding carboxylic acids is 3. The highest BCUT2D eigenvalue weighted by Gasteiger charge is 2.69. The summed E-state index contributed by atoms with van der Waals surface area (Å²) in [6.45, 7) is 4.73. The third kappa shape index (κ3) is 3.40. The summed E-state index contributed by atoms with van der Waals surface area (Å²) in [5.74, 6) is -3.94. The number of aliphatic hydroxyl groups is 2. The molecule has 0 aromatic carbocycles. The Morgan fingerprint density at radius 1 is 1.24 bits per heavy atom. The van der Waals surface area contributed by atoms with E-state index >= 15 is 0 Å². The average Bonchev–Trinajstić information content (AvgIpc) is 2.99.